The number of allylic oxidation sites excluding steroid dienone is 2. The lowest BCUT2D eigenvalue weighted by molar-refractivity contribution is 0.416. The van der Waals surface area contributed by atoms with Gasteiger partial charge in [-0.2, -0.15) is 0 Å². The van der Waals surface area contributed by atoms with Gasteiger partial charge in [-0.25, -0.2) is 0 Å². The molecule has 1 rings (SSSR count). The Morgan fingerprint density at radius 2 is 2.20 bits per heavy atom. The highest BCUT2D eigenvalue weighted by Gasteiger charge is 2.08. The van der Waals surface area contributed by atoms with E-state index in [-0.39, 0.29) is 0 Å². The van der Waals surface area contributed by atoms with Gasteiger partial charge in [-0.05, 0) is 44.4 Å². The zero-order chi connectivity index (χ0) is 7.40. The third-order valence-electron chi connectivity index (χ3n) is 2.20. The van der Waals surface area contributed by atoms with E-state index in [0.717, 1.165) is 5.92 Å². The predicted octanol–water partition coefficient (Wildman–Crippen LogP) is 3.20. The molecule has 0 aromatic carbocycles. The molecule has 0 nitrogen and oxygen atoms in total. The molecule has 2 unspecified atom stereocenters. The van der Waals surface area contributed by atoms with Gasteiger partial charge < -0.3 is 0 Å². The van der Waals surface area contributed by atoms with E-state index in [4.69, 9.17) is 0 Å². The van der Waals surface area contributed by atoms with Crippen LogP contribution in [0.25, 0.3) is 0 Å². The van der Waals surface area contributed by atoms with Gasteiger partial charge in [0.05, 0.1) is 0 Å². The summed E-state index contributed by atoms with van der Waals surface area (Å²) in [6.45, 7) is 6.43. The van der Waals surface area contributed by atoms with Crippen LogP contribution >= 0.6 is 0 Å². The van der Waals surface area contributed by atoms with Crippen molar-refractivity contribution >= 4 is 0 Å². The first kappa shape index (κ1) is 7.84. The predicted molar refractivity (Wildman–Crippen MR) is 45.6 cm³/mol. The highest BCUT2D eigenvalue weighted by atomic mass is 14.1. The summed E-state index contributed by atoms with van der Waals surface area (Å²) in [5.74, 6) is 1.54. The SMILES string of the molecule is [CH2]C1C/C=C\CCC(C)C1. The molecule has 0 aliphatic heterocycles. The minimum absolute atomic E-state index is 0.659. The lowest BCUT2D eigenvalue weighted by atomic mass is 9.89. The first-order chi connectivity index (χ1) is 4.79. The Labute approximate surface area is 64.3 Å². The van der Waals surface area contributed by atoms with E-state index in [9.17, 15) is 0 Å². The highest BCUT2D eigenvalue weighted by molar-refractivity contribution is 4.88. The van der Waals surface area contributed by atoms with E-state index in [1.165, 1.54) is 25.7 Å². The van der Waals surface area contributed by atoms with Crippen molar-refractivity contribution in [1.29, 1.82) is 0 Å². The zero-order valence-electron chi connectivity index (χ0n) is 6.84. The lowest BCUT2D eigenvalue weighted by Gasteiger charge is -2.17. The van der Waals surface area contributed by atoms with Gasteiger partial charge in [0, 0.05) is 0 Å². The Morgan fingerprint density at radius 3 is 3.00 bits per heavy atom. The zero-order valence-corrected chi connectivity index (χ0v) is 6.84. The van der Waals surface area contributed by atoms with Crippen LogP contribution in [0.15, 0.2) is 12.2 Å². The van der Waals surface area contributed by atoms with Gasteiger partial charge in [0.1, 0.15) is 0 Å². The number of rotatable bonds is 0. The summed E-state index contributed by atoms with van der Waals surface area (Å²) in [6, 6.07) is 0. The van der Waals surface area contributed by atoms with Crippen LogP contribution in [0.1, 0.15) is 32.6 Å². The summed E-state index contributed by atoms with van der Waals surface area (Å²) >= 11 is 0. The standard InChI is InChI=1S/C10H17/c1-9-6-4-3-5-7-10(2)8-9/h3-4,9-10H,1,5-8H2,2H3/b4-3-. The summed E-state index contributed by atoms with van der Waals surface area (Å²) in [5, 5.41) is 0. The molecule has 0 aromatic heterocycles. The molecule has 2 atom stereocenters. The second-order valence-corrected chi connectivity index (χ2v) is 3.49. The molecular formula is C10H17. The van der Waals surface area contributed by atoms with Crippen molar-refractivity contribution in [2.75, 3.05) is 0 Å². The van der Waals surface area contributed by atoms with E-state index in [0.29, 0.717) is 5.92 Å². The topological polar surface area (TPSA) is 0 Å². The molecule has 1 aliphatic rings. The fourth-order valence-corrected chi connectivity index (χ4v) is 1.57. The van der Waals surface area contributed by atoms with Gasteiger partial charge in [-0.15, -0.1) is 0 Å². The van der Waals surface area contributed by atoms with Gasteiger partial charge in [0.15, 0.2) is 0 Å². The molecule has 10 heavy (non-hydrogen) atoms. The van der Waals surface area contributed by atoms with Crippen LogP contribution in [-0.4, -0.2) is 0 Å². The summed E-state index contributed by atoms with van der Waals surface area (Å²) in [6.07, 6.45) is 9.70. The van der Waals surface area contributed by atoms with E-state index < -0.39 is 0 Å². The molecule has 0 bridgehead atoms. The molecule has 0 heteroatoms. The Balaban J connectivity index is 2.39. The quantitative estimate of drug-likeness (QED) is 0.450. The van der Waals surface area contributed by atoms with Crippen molar-refractivity contribution in [3.8, 4) is 0 Å². The van der Waals surface area contributed by atoms with Crippen molar-refractivity contribution in [3.05, 3.63) is 19.1 Å². The normalized spacial score (nSPS) is 38.2. The average Bonchev–Trinajstić information content (AvgIpc) is 1.83. The maximum Gasteiger partial charge on any atom is -0.0322 e. The second-order valence-electron chi connectivity index (χ2n) is 3.49. The maximum atomic E-state index is 4.10. The summed E-state index contributed by atoms with van der Waals surface area (Å²) < 4.78 is 0. The summed E-state index contributed by atoms with van der Waals surface area (Å²) in [7, 11) is 0. The average molecular weight is 137 g/mol. The van der Waals surface area contributed by atoms with E-state index in [1.807, 2.05) is 0 Å². The monoisotopic (exact) mass is 137 g/mol. The number of hydrogen-bond donors (Lipinski definition) is 0. The van der Waals surface area contributed by atoms with Crippen molar-refractivity contribution < 1.29 is 0 Å². The molecule has 0 N–H and O–H groups in total. The lowest BCUT2D eigenvalue weighted by Crippen LogP contribution is -2.04. The Kier molecular flexibility index (Phi) is 2.98. The van der Waals surface area contributed by atoms with E-state index in [1.54, 1.807) is 0 Å². The van der Waals surface area contributed by atoms with Gasteiger partial charge in [-0.1, -0.05) is 19.1 Å². The molecule has 0 spiro atoms. The van der Waals surface area contributed by atoms with E-state index in [2.05, 4.69) is 26.0 Å². The van der Waals surface area contributed by atoms with Crippen LogP contribution in [-0.2, 0) is 0 Å². The minimum Gasteiger partial charge on any atom is -0.0885 e. The minimum atomic E-state index is 0.659. The molecule has 1 aliphatic carbocycles. The molecule has 57 valence electrons. The van der Waals surface area contributed by atoms with Gasteiger partial charge in [0.25, 0.3) is 0 Å². The molecule has 0 saturated carbocycles. The molecule has 0 amide bonds. The van der Waals surface area contributed by atoms with Crippen molar-refractivity contribution in [1.82, 2.24) is 0 Å². The van der Waals surface area contributed by atoms with Gasteiger partial charge >= 0.3 is 0 Å². The third kappa shape index (κ3) is 2.55. The van der Waals surface area contributed by atoms with Crippen LogP contribution < -0.4 is 0 Å². The fraction of sp³-hybridized carbons (Fsp3) is 0.700. The highest BCUT2D eigenvalue weighted by Crippen LogP contribution is 2.21. The van der Waals surface area contributed by atoms with Crippen molar-refractivity contribution in [3.63, 3.8) is 0 Å². The molecule has 0 fully saturated rings. The Bertz CT molecular complexity index is 113. The molecule has 0 heterocycles. The third-order valence-corrected chi connectivity index (χ3v) is 2.20. The van der Waals surface area contributed by atoms with Gasteiger partial charge in [-0.3, -0.25) is 0 Å². The van der Waals surface area contributed by atoms with Crippen molar-refractivity contribution in [2.45, 2.75) is 32.6 Å². The largest absolute Gasteiger partial charge is 0.0885 e. The van der Waals surface area contributed by atoms with E-state index >= 15 is 0 Å². The second kappa shape index (κ2) is 3.80. The van der Waals surface area contributed by atoms with Gasteiger partial charge in [0.2, 0.25) is 0 Å². The smallest absolute Gasteiger partial charge is 0.0322 e. The summed E-state index contributed by atoms with van der Waals surface area (Å²) in [5.41, 5.74) is 0. The van der Waals surface area contributed by atoms with Crippen LogP contribution in [0.2, 0.25) is 0 Å². The molecular weight excluding hydrogens is 120 g/mol. The Hall–Kier alpha value is -0.260. The fourth-order valence-electron chi connectivity index (χ4n) is 1.57. The van der Waals surface area contributed by atoms with Crippen LogP contribution in [0.4, 0.5) is 0 Å². The summed E-state index contributed by atoms with van der Waals surface area (Å²) in [4.78, 5) is 0. The van der Waals surface area contributed by atoms with Crippen LogP contribution in [0.5, 0.6) is 0 Å². The van der Waals surface area contributed by atoms with Crippen LogP contribution in [0, 0.1) is 18.8 Å². The van der Waals surface area contributed by atoms with Crippen molar-refractivity contribution in [2.24, 2.45) is 11.8 Å². The molecule has 0 saturated heterocycles. The number of hydrogen-bond acceptors (Lipinski definition) is 0. The first-order valence-electron chi connectivity index (χ1n) is 4.27. The maximum absolute atomic E-state index is 4.10. The first-order valence-corrected chi connectivity index (χ1v) is 4.27. The Morgan fingerprint density at radius 1 is 1.40 bits per heavy atom. The molecule has 0 aromatic rings. The molecule has 1 radical (unpaired) electrons. The van der Waals surface area contributed by atoms with Crippen LogP contribution in [0.3, 0.4) is 0 Å².